The molecule has 0 bridgehead atoms. The summed E-state index contributed by atoms with van der Waals surface area (Å²) >= 11 is 0. The lowest BCUT2D eigenvalue weighted by molar-refractivity contribution is -0.128. The molecule has 1 aliphatic heterocycles. The average Bonchev–Trinajstić information content (AvgIpc) is 2.74. The van der Waals surface area contributed by atoms with E-state index in [-0.39, 0.29) is 5.91 Å². The molecule has 1 amide bonds. The summed E-state index contributed by atoms with van der Waals surface area (Å²) in [6, 6.07) is 0. The molecule has 1 saturated heterocycles. The maximum Gasteiger partial charge on any atom is 0.226 e. The summed E-state index contributed by atoms with van der Waals surface area (Å²) in [4.78, 5) is 13.5. The van der Waals surface area contributed by atoms with Crippen LogP contribution in [-0.4, -0.2) is 17.4 Å². The Morgan fingerprint density at radius 1 is 1.33 bits per heavy atom. The Hall–Kier alpha value is -1.05. The van der Waals surface area contributed by atoms with Crippen molar-refractivity contribution in [1.29, 1.82) is 0 Å². The molecule has 0 aromatic heterocycles. The van der Waals surface area contributed by atoms with Gasteiger partial charge in [-0.05, 0) is 24.8 Å². The Kier molecular flexibility index (Phi) is 4.60. The molecule has 0 aromatic rings. The van der Waals surface area contributed by atoms with Crippen LogP contribution in [0.15, 0.2) is 23.4 Å². The monoisotopic (exact) mass is 207 g/mol. The summed E-state index contributed by atoms with van der Waals surface area (Å²) in [6.45, 7) is 6.82. The molecule has 0 unspecified atom stereocenters. The van der Waals surface area contributed by atoms with Crippen molar-refractivity contribution in [3.63, 3.8) is 0 Å². The van der Waals surface area contributed by atoms with Gasteiger partial charge in [-0.3, -0.25) is 4.79 Å². The summed E-state index contributed by atoms with van der Waals surface area (Å²) in [5.41, 5.74) is 2.58. The molecule has 2 aliphatic rings. The Morgan fingerprint density at radius 3 is 2.67 bits per heavy atom. The van der Waals surface area contributed by atoms with E-state index in [4.69, 9.17) is 0 Å². The molecule has 2 rings (SSSR count). The van der Waals surface area contributed by atoms with Crippen LogP contribution in [0.25, 0.3) is 0 Å². The summed E-state index contributed by atoms with van der Waals surface area (Å²) in [7, 11) is 0. The van der Waals surface area contributed by atoms with E-state index in [0.29, 0.717) is 6.42 Å². The van der Waals surface area contributed by atoms with Gasteiger partial charge in [0.25, 0.3) is 0 Å². The zero-order chi connectivity index (χ0) is 11.3. The Bertz CT molecular complexity index is 289. The largest absolute Gasteiger partial charge is 0.312 e. The van der Waals surface area contributed by atoms with Crippen LogP contribution in [-0.2, 0) is 4.79 Å². The van der Waals surface area contributed by atoms with E-state index in [1.807, 2.05) is 25.7 Å². The van der Waals surface area contributed by atoms with Crippen molar-refractivity contribution in [2.45, 2.75) is 46.5 Å². The van der Waals surface area contributed by atoms with E-state index in [2.05, 4.69) is 12.2 Å². The Morgan fingerprint density at radius 2 is 2.00 bits per heavy atom. The number of rotatable bonds is 1. The van der Waals surface area contributed by atoms with E-state index in [1.54, 1.807) is 0 Å². The summed E-state index contributed by atoms with van der Waals surface area (Å²) in [6.07, 6.45) is 8.38. The molecule has 0 atom stereocenters. The fourth-order valence-electron chi connectivity index (χ4n) is 2.03. The summed E-state index contributed by atoms with van der Waals surface area (Å²) in [5, 5.41) is 0. The van der Waals surface area contributed by atoms with Gasteiger partial charge in [-0.2, -0.15) is 0 Å². The predicted octanol–water partition coefficient (Wildman–Crippen LogP) is 3.26. The second-order valence-electron chi connectivity index (χ2n) is 3.55. The van der Waals surface area contributed by atoms with Crippen molar-refractivity contribution >= 4 is 5.91 Å². The number of hydrogen-bond donors (Lipinski definition) is 0. The fourth-order valence-corrected chi connectivity index (χ4v) is 2.03. The van der Waals surface area contributed by atoms with Gasteiger partial charge in [-0.15, -0.1) is 0 Å². The van der Waals surface area contributed by atoms with Gasteiger partial charge in [0.05, 0.1) is 0 Å². The topological polar surface area (TPSA) is 20.3 Å². The molecule has 0 aromatic carbocycles. The third-order valence-electron chi connectivity index (χ3n) is 2.72. The standard InChI is InChI=1S/C11H15NO.C2H6/c1-2-11(13)12-8-7-9-5-3-4-6-10(9)12;1-2/h5-6H,2-4,7-8H2,1H3;1-2H3. The van der Waals surface area contributed by atoms with Crippen LogP contribution < -0.4 is 0 Å². The smallest absolute Gasteiger partial charge is 0.226 e. The molecule has 1 heterocycles. The van der Waals surface area contributed by atoms with Crippen molar-refractivity contribution in [1.82, 2.24) is 4.90 Å². The quantitative estimate of drug-likeness (QED) is 0.646. The number of amides is 1. The normalized spacial score (nSPS) is 18.5. The van der Waals surface area contributed by atoms with Crippen molar-refractivity contribution in [3.05, 3.63) is 23.4 Å². The number of nitrogens with zero attached hydrogens (tertiary/aromatic N) is 1. The van der Waals surface area contributed by atoms with Crippen molar-refractivity contribution in [2.75, 3.05) is 6.54 Å². The minimum absolute atomic E-state index is 0.261. The van der Waals surface area contributed by atoms with Crippen LogP contribution in [0, 0.1) is 0 Å². The van der Waals surface area contributed by atoms with E-state index in [0.717, 1.165) is 25.8 Å². The van der Waals surface area contributed by atoms with Crippen LogP contribution in [0.3, 0.4) is 0 Å². The zero-order valence-corrected chi connectivity index (χ0v) is 10.0. The zero-order valence-electron chi connectivity index (χ0n) is 10.0. The lowest BCUT2D eigenvalue weighted by Crippen LogP contribution is -2.25. The SMILES string of the molecule is CC.CCC(=O)N1CCC2=CCCC=C21. The highest BCUT2D eigenvalue weighted by molar-refractivity contribution is 5.79. The lowest BCUT2D eigenvalue weighted by atomic mass is 10.0. The molecule has 1 fully saturated rings. The van der Waals surface area contributed by atoms with E-state index in [9.17, 15) is 4.79 Å². The maximum atomic E-state index is 11.5. The van der Waals surface area contributed by atoms with Crippen LogP contribution in [0.1, 0.15) is 46.5 Å². The molecule has 0 radical (unpaired) electrons. The fraction of sp³-hybridized carbons (Fsp3) is 0.615. The molecule has 84 valence electrons. The molecule has 0 spiro atoms. The van der Waals surface area contributed by atoms with Crippen LogP contribution in [0.2, 0.25) is 0 Å². The van der Waals surface area contributed by atoms with E-state index < -0.39 is 0 Å². The minimum atomic E-state index is 0.261. The molecule has 0 saturated carbocycles. The molecule has 0 N–H and O–H groups in total. The second-order valence-corrected chi connectivity index (χ2v) is 3.55. The molecule has 2 heteroatoms. The summed E-state index contributed by atoms with van der Waals surface area (Å²) < 4.78 is 0. The van der Waals surface area contributed by atoms with Gasteiger partial charge in [0.2, 0.25) is 5.91 Å². The lowest BCUT2D eigenvalue weighted by Gasteiger charge is -2.18. The van der Waals surface area contributed by atoms with Crippen LogP contribution in [0.5, 0.6) is 0 Å². The first kappa shape index (κ1) is 12.0. The molecular weight excluding hydrogens is 186 g/mol. The van der Waals surface area contributed by atoms with Crippen LogP contribution >= 0.6 is 0 Å². The van der Waals surface area contributed by atoms with Gasteiger partial charge >= 0.3 is 0 Å². The first-order valence-electron chi connectivity index (χ1n) is 6.03. The number of likely N-dealkylation sites (tertiary alicyclic amines) is 1. The molecule has 1 aliphatic carbocycles. The Balaban J connectivity index is 0.000000531. The minimum Gasteiger partial charge on any atom is -0.312 e. The third kappa shape index (κ3) is 2.49. The molecule has 2 nitrogen and oxygen atoms in total. The van der Waals surface area contributed by atoms with Gasteiger partial charge in [0.1, 0.15) is 0 Å². The first-order valence-corrected chi connectivity index (χ1v) is 6.03. The Labute approximate surface area is 92.7 Å². The van der Waals surface area contributed by atoms with Gasteiger partial charge in [0, 0.05) is 18.7 Å². The number of allylic oxidation sites excluding steroid dienone is 3. The maximum absolute atomic E-state index is 11.5. The number of fused-ring (bicyclic) bond motifs is 1. The number of carbonyl (C=O) groups excluding carboxylic acids is 1. The average molecular weight is 207 g/mol. The predicted molar refractivity (Wildman–Crippen MR) is 63.4 cm³/mol. The second kappa shape index (κ2) is 5.74. The van der Waals surface area contributed by atoms with E-state index in [1.165, 1.54) is 11.3 Å². The summed E-state index contributed by atoms with van der Waals surface area (Å²) in [5.74, 6) is 0.261. The number of carbonyl (C=O) groups is 1. The van der Waals surface area contributed by atoms with Gasteiger partial charge in [-0.1, -0.05) is 32.9 Å². The third-order valence-corrected chi connectivity index (χ3v) is 2.72. The van der Waals surface area contributed by atoms with Gasteiger partial charge in [0.15, 0.2) is 0 Å². The van der Waals surface area contributed by atoms with Gasteiger partial charge in [-0.25, -0.2) is 0 Å². The van der Waals surface area contributed by atoms with Crippen molar-refractivity contribution < 1.29 is 4.79 Å². The molecule has 15 heavy (non-hydrogen) atoms. The van der Waals surface area contributed by atoms with Crippen molar-refractivity contribution in [3.8, 4) is 0 Å². The highest BCUT2D eigenvalue weighted by Crippen LogP contribution is 2.31. The number of hydrogen-bond acceptors (Lipinski definition) is 1. The van der Waals surface area contributed by atoms with Gasteiger partial charge < -0.3 is 4.90 Å². The molecular formula is C13H21NO. The van der Waals surface area contributed by atoms with E-state index >= 15 is 0 Å². The first-order chi connectivity index (χ1) is 7.33. The highest BCUT2D eigenvalue weighted by Gasteiger charge is 2.26. The highest BCUT2D eigenvalue weighted by atomic mass is 16.2. The van der Waals surface area contributed by atoms with Crippen LogP contribution in [0.4, 0.5) is 0 Å². The van der Waals surface area contributed by atoms with Crippen molar-refractivity contribution in [2.24, 2.45) is 0 Å².